The summed E-state index contributed by atoms with van der Waals surface area (Å²) in [6, 6.07) is 6.99. The zero-order chi connectivity index (χ0) is 11.1. The number of nitrogens with two attached hydrogens (primary N) is 1. The Morgan fingerprint density at radius 1 is 1.40 bits per heavy atom. The van der Waals surface area contributed by atoms with Crippen LogP contribution in [0.25, 0.3) is 0 Å². The molecule has 1 fully saturated rings. The molecule has 0 amide bonds. The highest BCUT2D eigenvalue weighted by Gasteiger charge is 2.39. The SMILES string of the molecule is CC1(C)C(N)CCN1c1ccccc1F. The second-order valence-corrected chi connectivity index (χ2v) is 4.65. The highest BCUT2D eigenvalue weighted by atomic mass is 19.1. The molecule has 0 aromatic heterocycles. The highest BCUT2D eigenvalue weighted by molar-refractivity contribution is 5.51. The van der Waals surface area contributed by atoms with Gasteiger partial charge in [-0.05, 0) is 32.4 Å². The van der Waals surface area contributed by atoms with E-state index in [0.717, 1.165) is 13.0 Å². The summed E-state index contributed by atoms with van der Waals surface area (Å²) in [6.45, 7) is 4.96. The zero-order valence-corrected chi connectivity index (χ0v) is 9.20. The van der Waals surface area contributed by atoms with Crippen molar-refractivity contribution < 1.29 is 4.39 Å². The lowest BCUT2D eigenvalue weighted by molar-refractivity contribution is 0.448. The van der Waals surface area contributed by atoms with Gasteiger partial charge in [0.1, 0.15) is 5.82 Å². The molecule has 2 rings (SSSR count). The molecule has 0 saturated carbocycles. The summed E-state index contributed by atoms with van der Waals surface area (Å²) in [5.74, 6) is -0.167. The van der Waals surface area contributed by atoms with Gasteiger partial charge in [-0.2, -0.15) is 0 Å². The fraction of sp³-hybridized carbons (Fsp3) is 0.500. The van der Waals surface area contributed by atoms with Gasteiger partial charge < -0.3 is 10.6 Å². The average molecular weight is 208 g/mol. The molecular weight excluding hydrogens is 191 g/mol. The minimum absolute atomic E-state index is 0.108. The van der Waals surface area contributed by atoms with Crippen LogP contribution in [0.15, 0.2) is 24.3 Å². The van der Waals surface area contributed by atoms with Gasteiger partial charge in [-0.3, -0.25) is 0 Å². The Kier molecular flexibility index (Phi) is 2.43. The van der Waals surface area contributed by atoms with Crippen LogP contribution < -0.4 is 10.6 Å². The first-order valence-electron chi connectivity index (χ1n) is 5.31. The Balaban J connectivity index is 2.37. The molecule has 1 aliphatic heterocycles. The van der Waals surface area contributed by atoms with Crippen LogP contribution in [0.2, 0.25) is 0 Å². The van der Waals surface area contributed by atoms with Gasteiger partial charge >= 0.3 is 0 Å². The minimum Gasteiger partial charge on any atom is -0.362 e. The molecule has 2 nitrogen and oxygen atoms in total. The van der Waals surface area contributed by atoms with Crippen molar-refractivity contribution in [1.82, 2.24) is 0 Å². The van der Waals surface area contributed by atoms with E-state index < -0.39 is 0 Å². The molecule has 0 aliphatic carbocycles. The van der Waals surface area contributed by atoms with Crippen molar-refractivity contribution in [2.75, 3.05) is 11.4 Å². The summed E-state index contributed by atoms with van der Waals surface area (Å²) >= 11 is 0. The molecular formula is C12H17FN2. The van der Waals surface area contributed by atoms with Crippen molar-refractivity contribution in [2.24, 2.45) is 5.73 Å². The van der Waals surface area contributed by atoms with Gasteiger partial charge in [-0.25, -0.2) is 4.39 Å². The minimum atomic E-state index is -0.167. The van der Waals surface area contributed by atoms with Crippen LogP contribution in [-0.4, -0.2) is 18.1 Å². The predicted octanol–water partition coefficient (Wildman–Crippen LogP) is 2.14. The van der Waals surface area contributed by atoms with Crippen molar-refractivity contribution in [3.63, 3.8) is 0 Å². The molecule has 1 aliphatic rings. The number of nitrogens with zero attached hydrogens (tertiary/aromatic N) is 1. The molecule has 2 N–H and O–H groups in total. The molecule has 1 aromatic rings. The topological polar surface area (TPSA) is 29.3 Å². The third-order valence-corrected chi connectivity index (χ3v) is 3.41. The van der Waals surface area contributed by atoms with E-state index in [1.165, 1.54) is 6.07 Å². The lowest BCUT2D eigenvalue weighted by Crippen LogP contribution is -2.49. The van der Waals surface area contributed by atoms with E-state index >= 15 is 0 Å². The molecule has 1 saturated heterocycles. The van der Waals surface area contributed by atoms with E-state index in [4.69, 9.17) is 5.73 Å². The second-order valence-electron chi connectivity index (χ2n) is 4.65. The summed E-state index contributed by atoms with van der Waals surface area (Å²) in [5, 5.41) is 0. The molecule has 1 aromatic carbocycles. The van der Waals surface area contributed by atoms with Crippen LogP contribution in [0.3, 0.4) is 0 Å². The largest absolute Gasteiger partial charge is 0.362 e. The molecule has 3 heteroatoms. The fourth-order valence-electron chi connectivity index (χ4n) is 2.21. The fourth-order valence-corrected chi connectivity index (χ4v) is 2.21. The maximum absolute atomic E-state index is 13.6. The van der Waals surface area contributed by atoms with E-state index in [0.29, 0.717) is 5.69 Å². The number of benzene rings is 1. The average Bonchev–Trinajstić information content (AvgIpc) is 2.44. The third kappa shape index (κ3) is 1.61. The Bertz CT molecular complexity index is 362. The van der Waals surface area contributed by atoms with Crippen LogP contribution in [0.4, 0.5) is 10.1 Å². The van der Waals surface area contributed by atoms with E-state index in [1.54, 1.807) is 6.07 Å². The number of hydrogen-bond acceptors (Lipinski definition) is 2. The first kappa shape index (κ1) is 10.4. The van der Waals surface area contributed by atoms with Crippen molar-refractivity contribution in [3.05, 3.63) is 30.1 Å². The third-order valence-electron chi connectivity index (χ3n) is 3.41. The first-order valence-corrected chi connectivity index (χ1v) is 5.31. The van der Waals surface area contributed by atoms with Crippen molar-refractivity contribution in [3.8, 4) is 0 Å². The predicted molar refractivity (Wildman–Crippen MR) is 60.4 cm³/mol. The highest BCUT2D eigenvalue weighted by Crippen LogP contribution is 2.34. The quantitative estimate of drug-likeness (QED) is 0.766. The zero-order valence-electron chi connectivity index (χ0n) is 9.20. The van der Waals surface area contributed by atoms with Gasteiger partial charge in [0.25, 0.3) is 0 Å². The normalized spacial score (nSPS) is 24.5. The lowest BCUT2D eigenvalue weighted by Gasteiger charge is -2.36. The van der Waals surface area contributed by atoms with Crippen LogP contribution in [0, 0.1) is 5.82 Å². The van der Waals surface area contributed by atoms with Crippen LogP contribution in [0.5, 0.6) is 0 Å². The van der Waals surface area contributed by atoms with Crippen LogP contribution in [0.1, 0.15) is 20.3 Å². The Hall–Kier alpha value is -1.09. The maximum Gasteiger partial charge on any atom is 0.146 e. The Labute approximate surface area is 89.9 Å². The van der Waals surface area contributed by atoms with Crippen molar-refractivity contribution in [1.29, 1.82) is 0 Å². The molecule has 1 unspecified atom stereocenters. The van der Waals surface area contributed by atoms with E-state index in [-0.39, 0.29) is 17.4 Å². The van der Waals surface area contributed by atoms with E-state index in [2.05, 4.69) is 18.7 Å². The molecule has 0 bridgehead atoms. The maximum atomic E-state index is 13.6. The van der Waals surface area contributed by atoms with Crippen LogP contribution in [-0.2, 0) is 0 Å². The summed E-state index contributed by atoms with van der Waals surface area (Å²) in [5.41, 5.74) is 6.52. The number of para-hydroxylation sites is 1. The summed E-state index contributed by atoms with van der Waals surface area (Å²) in [6.07, 6.45) is 0.918. The van der Waals surface area contributed by atoms with Crippen molar-refractivity contribution in [2.45, 2.75) is 31.8 Å². The monoisotopic (exact) mass is 208 g/mol. The van der Waals surface area contributed by atoms with Gasteiger partial charge in [-0.1, -0.05) is 12.1 Å². The van der Waals surface area contributed by atoms with E-state index in [9.17, 15) is 4.39 Å². The number of hydrogen-bond donors (Lipinski definition) is 1. The molecule has 0 radical (unpaired) electrons. The van der Waals surface area contributed by atoms with Gasteiger partial charge in [0.05, 0.1) is 5.69 Å². The molecule has 1 atom stereocenters. The summed E-state index contributed by atoms with van der Waals surface area (Å²) in [4.78, 5) is 2.06. The number of anilines is 1. The van der Waals surface area contributed by atoms with Crippen molar-refractivity contribution >= 4 is 5.69 Å². The standard InChI is InChI=1S/C12H17FN2/c1-12(2)11(14)7-8-15(12)10-6-4-3-5-9(10)13/h3-6,11H,7-8,14H2,1-2H3. The Morgan fingerprint density at radius 3 is 2.60 bits per heavy atom. The van der Waals surface area contributed by atoms with Crippen LogP contribution >= 0.6 is 0 Å². The molecule has 15 heavy (non-hydrogen) atoms. The molecule has 1 heterocycles. The Morgan fingerprint density at radius 2 is 2.07 bits per heavy atom. The first-order chi connectivity index (χ1) is 7.03. The smallest absolute Gasteiger partial charge is 0.146 e. The molecule has 82 valence electrons. The lowest BCUT2D eigenvalue weighted by atomic mass is 9.96. The van der Waals surface area contributed by atoms with Gasteiger partial charge in [0.15, 0.2) is 0 Å². The summed E-state index contributed by atoms with van der Waals surface area (Å²) in [7, 11) is 0. The van der Waals surface area contributed by atoms with Gasteiger partial charge in [0, 0.05) is 18.1 Å². The second kappa shape index (κ2) is 3.49. The van der Waals surface area contributed by atoms with E-state index in [1.807, 2.05) is 12.1 Å². The van der Waals surface area contributed by atoms with Gasteiger partial charge in [-0.15, -0.1) is 0 Å². The number of halogens is 1. The molecule has 0 spiro atoms. The van der Waals surface area contributed by atoms with Gasteiger partial charge in [0.2, 0.25) is 0 Å². The number of rotatable bonds is 1. The summed E-state index contributed by atoms with van der Waals surface area (Å²) < 4.78 is 13.6.